The first-order chi connectivity index (χ1) is 15.0. The minimum Gasteiger partial charge on any atom is -0.483 e. The van der Waals surface area contributed by atoms with Crippen molar-refractivity contribution in [1.82, 2.24) is 10.2 Å². The molecule has 4 rings (SSSR count). The van der Waals surface area contributed by atoms with Crippen LogP contribution in [0.5, 0.6) is 0 Å². The van der Waals surface area contributed by atoms with Crippen LogP contribution >= 0.6 is 23.2 Å². The van der Waals surface area contributed by atoms with E-state index in [4.69, 9.17) is 33.1 Å². The maximum absolute atomic E-state index is 13.3. The molecular formula is C24H26Cl2N2O3. The van der Waals surface area contributed by atoms with Gasteiger partial charge in [-0.1, -0.05) is 48.3 Å². The number of fused-ring (bicyclic) bond motifs is 2. The summed E-state index contributed by atoms with van der Waals surface area (Å²) in [6.07, 6.45) is 2.49. The number of carbonyl (C=O) groups excluding carboxylic acids is 1. The smallest absolute Gasteiger partial charge is 0.290 e. The number of likely N-dealkylation sites (N-methyl/N-ethyl adjacent to an activating group) is 1. The van der Waals surface area contributed by atoms with Gasteiger partial charge in [-0.05, 0) is 77.9 Å². The monoisotopic (exact) mass is 460 g/mol. The summed E-state index contributed by atoms with van der Waals surface area (Å²) in [4.78, 5) is 23.6. The Balaban J connectivity index is 0.000000858. The lowest BCUT2D eigenvalue weighted by Gasteiger charge is -2.32. The molecule has 2 N–H and O–H groups in total. The third kappa shape index (κ3) is 5.67. The minimum atomic E-state index is -0.250. The molecule has 0 radical (unpaired) electrons. The number of hydrogen-bond acceptors (Lipinski definition) is 3. The molecule has 1 aliphatic heterocycles. The zero-order valence-corrected chi connectivity index (χ0v) is 18.9. The van der Waals surface area contributed by atoms with Crippen LogP contribution in [0.15, 0.2) is 48.0 Å². The van der Waals surface area contributed by atoms with Crippen LogP contribution in [0.2, 0.25) is 10.0 Å². The van der Waals surface area contributed by atoms with E-state index in [1.165, 1.54) is 22.3 Å². The van der Waals surface area contributed by atoms with Gasteiger partial charge in [0.05, 0.1) is 6.04 Å². The Morgan fingerprint density at radius 1 is 1.19 bits per heavy atom. The van der Waals surface area contributed by atoms with Gasteiger partial charge in [0.25, 0.3) is 6.47 Å². The lowest BCUT2D eigenvalue weighted by atomic mass is 9.97. The predicted octanol–water partition coefficient (Wildman–Crippen LogP) is 4.46. The molecule has 0 spiro atoms. The number of hydrogen-bond donors (Lipinski definition) is 2. The maximum atomic E-state index is 13.3. The molecule has 0 bridgehead atoms. The molecule has 1 aliphatic carbocycles. The van der Waals surface area contributed by atoms with Crippen molar-refractivity contribution in [1.29, 1.82) is 0 Å². The van der Waals surface area contributed by atoms with Crippen molar-refractivity contribution in [2.24, 2.45) is 0 Å². The molecule has 1 atom stereocenters. The summed E-state index contributed by atoms with van der Waals surface area (Å²) in [5.41, 5.74) is 6.47. The molecule has 2 aromatic rings. The molecule has 0 aromatic heterocycles. The average molecular weight is 461 g/mol. The van der Waals surface area contributed by atoms with Gasteiger partial charge in [0, 0.05) is 23.1 Å². The normalized spacial score (nSPS) is 15.5. The minimum absolute atomic E-state index is 0.178. The maximum Gasteiger partial charge on any atom is 0.290 e. The summed E-state index contributed by atoms with van der Waals surface area (Å²) in [7, 11) is 0. The first-order valence-corrected chi connectivity index (χ1v) is 11.1. The molecular weight excluding hydrogens is 435 g/mol. The van der Waals surface area contributed by atoms with E-state index in [2.05, 4.69) is 17.4 Å². The quantitative estimate of drug-likeness (QED) is 0.646. The van der Waals surface area contributed by atoms with Gasteiger partial charge in [0.1, 0.15) is 0 Å². The zero-order valence-electron chi connectivity index (χ0n) is 17.4. The van der Waals surface area contributed by atoms with E-state index in [0.29, 0.717) is 18.0 Å². The fourth-order valence-electron chi connectivity index (χ4n) is 4.29. The van der Waals surface area contributed by atoms with Crippen molar-refractivity contribution < 1.29 is 14.7 Å². The van der Waals surface area contributed by atoms with Crippen LogP contribution in [0, 0.1) is 0 Å². The number of nitrogens with one attached hydrogen (secondary N) is 1. The SMILES string of the molecule is CCNC(Cc1ccc(Cl)cc1)C(=O)N1CCC2=C(Cc3ccc(Cl)cc32)C1.O=CO. The number of carboxylic acid groups (broad SMARTS) is 1. The van der Waals surface area contributed by atoms with Crippen LogP contribution in [-0.2, 0) is 22.4 Å². The van der Waals surface area contributed by atoms with E-state index < -0.39 is 0 Å². The number of rotatable bonds is 5. The third-order valence-corrected chi connectivity index (χ3v) is 6.14. The van der Waals surface area contributed by atoms with Crippen LogP contribution in [-0.4, -0.2) is 48.1 Å². The molecule has 31 heavy (non-hydrogen) atoms. The van der Waals surface area contributed by atoms with Crippen molar-refractivity contribution in [3.05, 3.63) is 74.8 Å². The largest absolute Gasteiger partial charge is 0.483 e. The van der Waals surface area contributed by atoms with E-state index in [-0.39, 0.29) is 18.4 Å². The summed E-state index contributed by atoms with van der Waals surface area (Å²) in [6.45, 7) is 4.02. The van der Waals surface area contributed by atoms with Gasteiger partial charge in [-0.25, -0.2) is 0 Å². The van der Waals surface area contributed by atoms with Crippen LogP contribution in [0.3, 0.4) is 0 Å². The molecule has 1 unspecified atom stereocenters. The van der Waals surface area contributed by atoms with E-state index in [0.717, 1.165) is 36.5 Å². The van der Waals surface area contributed by atoms with Gasteiger partial charge in [-0.3, -0.25) is 9.59 Å². The van der Waals surface area contributed by atoms with Crippen molar-refractivity contribution >= 4 is 41.2 Å². The third-order valence-electron chi connectivity index (χ3n) is 5.65. The van der Waals surface area contributed by atoms with Crippen molar-refractivity contribution in [2.45, 2.75) is 32.2 Å². The summed E-state index contributed by atoms with van der Waals surface area (Å²) >= 11 is 12.2. The highest BCUT2D eigenvalue weighted by atomic mass is 35.5. The Morgan fingerprint density at radius 2 is 1.87 bits per heavy atom. The molecule has 0 saturated carbocycles. The number of nitrogens with zero attached hydrogens (tertiary/aromatic N) is 1. The summed E-state index contributed by atoms with van der Waals surface area (Å²) in [5, 5.41) is 11.8. The predicted molar refractivity (Wildman–Crippen MR) is 125 cm³/mol. The number of amides is 1. The summed E-state index contributed by atoms with van der Waals surface area (Å²) in [5.74, 6) is 0.178. The Labute approximate surface area is 192 Å². The molecule has 2 aromatic carbocycles. The topological polar surface area (TPSA) is 69.6 Å². The van der Waals surface area contributed by atoms with Gasteiger partial charge in [0.15, 0.2) is 0 Å². The van der Waals surface area contributed by atoms with Crippen molar-refractivity contribution in [3.63, 3.8) is 0 Å². The summed E-state index contributed by atoms with van der Waals surface area (Å²) < 4.78 is 0. The molecule has 164 valence electrons. The Bertz CT molecular complexity index is 973. The molecule has 0 saturated heterocycles. The van der Waals surface area contributed by atoms with Crippen molar-refractivity contribution in [2.75, 3.05) is 19.6 Å². The summed E-state index contributed by atoms with van der Waals surface area (Å²) in [6, 6.07) is 13.7. The average Bonchev–Trinajstić information content (AvgIpc) is 3.12. The number of carbonyl (C=O) groups is 2. The fourth-order valence-corrected chi connectivity index (χ4v) is 4.59. The van der Waals surface area contributed by atoms with E-state index in [9.17, 15) is 4.79 Å². The van der Waals surface area contributed by atoms with Gasteiger partial charge >= 0.3 is 0 Å². The lowest BCUT2D eigenvalue weighted by molar-refractivity contribution is -0.133. The number of benzene rings is 2. The molecule has 0 fully saturated rings. The van der Waals surface area contributed by atoms with Gasteiger partial charge < -0.3 is 15.3 Å². The first kappa shape index (κ1) is 23.3. The first-order valence-electron chi connectivity index (χ1n) is 10.3. The molecule has 2 aliphatic rings. The van der Waals surface area contributed by atoms with Crippen LogP contribution in [0.1, 0.15) is 30.0 Å². The van der Waals surface area contributed by atoms with Crippen LogP contribution in [0.4, 0.5) is 0 Å². The number of halogens is 2. The molecule has 1 heterocycles. The molecule has 1 amide bonds. The standard InChI is InChI=1S/C23H24Cl2N2O.CH2O2/c1-2-26-22(11-15-3-6-18(24)7-4-15)23(28)27-10-9-20-17(14-27)12-16-5-8-19(25)13-21(16)20;2-1-3/h3-8,13,22,26H,2,9-12,14H2,1H3;1H,(H,2,3). The molecule has 7 heteroatoms. The fraction of sp³-hybridized carbons (Fsp3) is 0.333. The second-order valence-electron chi connectivity index (χ2n) is 7.62. The van der Waals surface area contributed by atoms with Crippen LogP contribution < -0.4 is 5.32 Å². The lowest BCUT2D eigenvalue weighted by Crippen LogP contribution is -2.49. The van der Waals surface area contributed by atoms with E-state index >= 15 is 0 Å². The highest BCUT2D eigenvalue weighted by molar-refractivity contribution is 6.31. The van der Waals surface area contributed by atoms with Gasteiger partial charge in [0.2, 0.25) is 5.91 Å². The highest BCUT2D eigenvalue weighted by Gasteiger charge is 2.31. The van der Waals surface area contributed by atoms with E-state index in [1.54, 1.807) is 0 Å². The molecule has 5 nitrogen and oxygen atoms in total. The second-order valence-corrected chi connectivity index (χ2v) is 8.49. The highest BCUT2D eigenvalue weighted by Crippen LogP contribution is 2.39. The van der Waals surface area contributed by atoms with Gasteiger partial charge in [-0.2, -0.15) is 0 Å². The van der Waals surface area contributed by atoms with Crippen molar-refractivity contribution in [3.8, 4) is 0 Å². The van der Waals surface area contributed by atoms with E-state index in [1.807, 2.05) is 42.2 Å². The second kappa shape index (κ2) is 10.8. The van der Waals surface area contributed by atoms with Gasteiger partial charge in [-0.15, -0.1) is 0 Å². The van der Waals surface area contributed by atoms with Crippen LogP contribution in [0.25, 0.3) is 5.57 Å². The Morgan fingerprint density at radius 3 is 2.55 bits per heavy atom. The Hall–Kier alpha value is -2.34. The zero-order chi connectivity index (χ0) is 22.4. The Kier molecular flexibility index (Phi) is 8.13.